The minimum Gasteiger partial charge on any atom is -0.478 e. The average molecular weight is 316 g/mol. The number of hydrogen-bond acceptors (Lipinski definition) is 3. The van der Waals surface area contributed by atoms with E-state index in [0.717, 1.165) is 22.4 Å². The maximum absolute atomic E-state index is 11.1. The Morgan fingerprint density at radius 2 is 1.58 bits per heavy atom. The molecule has 2 N–H and O–H groups in total. The van der Waals surface area contributed by atoms with Gasteiger partial charge in [0.25, 0.3) is 0 Å². The topological polar surface area (TPSA) is 61.7 Å². The van der Waals surface area contributed by atoms with Crippen LogP contribution < -0.4 is 5.43 Å². The van der Waals surface area contributed by atoms with Gasteiger partial charge < -0.3 is 5.11 Å². The number of para-hydroxylation sites is 1. The van der Waals surface area contributed by atoms with E-state index in [-0.39, 0.29) is 5.56 Å². The fraction of sp³-hybridized carbons (Fsp3) is 0. The number of carbonyl (C=O) groups is 1. The van der Waals surface area contributed by atoms with Crippen LogP contribution in [-0.4, -0.2) is 17.3 Å². The highest BCUT2D eigenvalue weighted by atomic mass is 16.4. The van der Waals surface area contributed by atoms with Gasteiger partial charge in [-0.15, -0.1) is 0 Å². The van der Waals surface area contributed by atoms with Crippen molar-refractivity contribution in [1.82, 2.24) is 0 Å². The molecule has 0 bridgehead atoms. The molecule has 0 radical (unpaired) electrons. The zero-order valence-electron chi connectivity index (χ0n) is 12.9. The van der Waals surface area contributed by atoms with Crippen molar-refractivity contribution in [1.29, 1.82) is 0 Å². The first-order valence-electron chi connectivity index (χ1n) is 7.50. The molecule has 0 aliphatic heterocycles. The second-order valence-corrected chi connectivity index (χ2v) is 5.25. The summed E-state index contributed by atoms with van der Waals surface area (Å²) in [5, 5.41) is 13.3. The highest BCUT2D eigenvalue weighted by Gasteiger charge is 2.05. The predicted molar refractivity (Wildman–Crippen MR) is 96.5 cm³/mol. The van der Waals surface area contributed by atoms with E-state index in [4.69, 9.17) is 5.11 Å². The summed E-state index contributed by atoms with van der Waals surface area (Å²) >= 11 is 0. The summed E-state index contributed by atoms with van der Waals surface area (Å²) in [6.07, 6.45) is 1.73. The largest absolute Gasteiger partial charge is 0.478 e. The molecule has 0 aromatic heterocycles. The molecule has 0 heterocycles. The van der Waals surface area contributed by atoms with Gasteiger partial charge in [-0.3, -0.25) is 5.43 Å². The number of carboxylic acid groups (broad SMARTS) is 1. The first-order valence-corrected chi connectivity index (χ1v) is 7.50. The van der Waals surface area contributed by atoms with Crippen LogP contribution in [0.3, 0.4) is 0 Å². The molecule has 3 rings (SSSR count). The Kier molecular flexibility index (Phi) is 4.68. The van der Waals surface area contributed by atoms with Crippen molar-refractivity contribution in [3.8, 4) is 11.1 Å². The van der Waals surface area contributed by atoms with E-state index < -0.39 is 5.97 Å². The number of aromatic carboxylic acids is 1. The standard InChI is InChI=1S/C20H16N2O2/c23-20(24)18-9-5-8-17(13-18)16-7-4-6-15(12-16)14-21-22-19-10-2-1-3-11-19/h1-14,22H,(H,23,24). The molecule has 118 valence electrons. The molecule has 0 fully saturated rings. The molecule has 0 unspecified atom stereocenters. The summed E-state index contributed by atoms with van der Waals surface area (Å²) in [7, 11) is 0. The number of hydrogen-bond donors (Lipinski definition) is 2. The first kappa shape index (κ1) is 15.5. The molecule has 3 aromatic carbocycles. The fourth-order valence-corrected chi connectivity index (χ4v) is 2.32. The van der Waals surface area contributed by atoms with Crippen molar-refractivity contribution in [3.63, 3.8) is 0 Å². The van der Waals surface area contributed by atoms with Crippen LogP contribution in [0.1, 0.15) is 15.9 Å². The van der Waals surface area contributed by atoms with Gasteiger partial charge in [0.2, 0.25) is 0 Å². The lowest BCUT2D eigenvalue weighted by atomic mass is 10.0. The Balaban J connectivity index is 1.79. The van der Waals surface area contributed by atoms with Crippen LogP contribution >= 0.6 is 0 Å². The van der Waals surface area contributed by atoms with Crippen LogP contribution in [0.15, 0.2) is 84.0 Å². The zero-order valence-corrected chi connectivity index (χ0v) is 12.9. The lowest BCUT2D eigenvalue weighted by molar-refractivity contribution is 0.0697. The van der Waals surface area contributed by atoms with E-state index in [9.17, 15) is 4.79 Å². The van der Waals surface area contributed by atoms with Crippen LogP contribution in [0.2, 0.25) is 0 Å². The lowest BCUT2D eigenvalue weighted by Gasteiger charge is -2.04. The van der Waals surface area contributed by atoms with Gasteiger partial charge in [0, 0.05) is 0 Å². The normalized spacial score (nSPS) is 10.7. The molecule has 0 aliphatic rings. The smallest absolute Gasteiger partial charge is 0.335 e. The van der Waals surface area contributed by atoms with Crippen LogP contribution in [0.5, 0.6) is 0 Å². The number of nitrogens with one attached hydrogen (secondary N) is 1. The maximum Gasteiger partial charge on any atom is 0.335 e. The minimum atomic E-state index is -0.929. The van der Waals surface area contributed by atoms with E-state index in [1.54, 1.807) is 24.4 Å². The summed E-state index contributed by atoms with van der Waals surface area (Å²) in [5.41, 5.74) is 6.89. The van der Waals surface area contributed by atoms with Gasteiger partial charge in [-0.2, -0.15) is 5.10 Å². The van der Waals surface area contributed by atoms with Crippen LogP contribution in [-0.2, 0) is 0 Å². The summed E-state index contributed by atoms with van der Waals surface area (Å²) in [6.45, 7) is 0. The second-order valence-electron chi connectivity index (χ2n) is 5.25. The third-order valence-corrected chi connectivity index (χ3v) is 3.51. The molecule has 3 aromatic rings. The van der Waals surface area contributed by atoms with Gasteiger partial charge in [-0.05, 0) is 47.0 Å². The molecule has 0 amide bonds. The number of nitrogens with zero attached hydrogens (tertiary/aromatic N) is 1. The van der Waals surface area contributed by atoms with Crippen molar-refractivity contribution in [2.75, 3.05) is 5.43 Å². The van der Waals surface area contributed by atoms with Gasteiger partial charge in [0.05, 0.1) is 17.5 Å². The van der Waals surface area contributed by atoms with Crippen LogP contribution in [0, 0.1) is 0 Å². The van der Waals surface area contributed by atoms with E-state index in [2.05, 4.69) is 10.5 Å². The third kappa shape index (κ3) is 3.87. The van der Waals surface area contributed by atoms with Gasteiger partial charge in [-0.1, -0.05) is 48.5 Å². The number of rotatable bonds is 5. The lowest BCUT2D eigenvalue weighted by Crippen LogP contribution is -1.96. The average Bonchev–Trinajstić information content (AvgIpc) is 2.63. The quantitative estimate of drug-likeness (QED) is 0.538. The van der Waals surface area contributed by atoms with E-state index in [1.165, 1.54) is 0 Å². The summed E-state index contributed by atoms with van der Waals surface area (Å²) in [6, 6.07) is 24.4. The van der Waals surface area contributed by atoms with E-state index in [1.807, 2.05) is 60.7 Å². The van der Waals surface area contributed by atoms with Gasteiger partial charge >= 0.3 is 5.97 Å². The van der Waals surface area contributed by atoms with Crippen molar-refractivity contribution < 1.29 is 9.90 Å². The van der Waals surface area contributed by atoms with Crippen molar-refractivity contribution in [2.24, 2.45) is 5.10 Å². The molecule has 24 heavy (non-hydrogen) atoms. The summed E-state index contributed by atoms with van der Waals surface area (Å²) in [4.78, 5) is 11.1. The first-order chi connectivity index (χ1) is 11.7. The fourth-order valence-electron chi connectivity index (χ4n) is 2.32. The second kappa shape index (κ2) is 7.24. The molecular weight excluding hydrogens is 300 g/mol. The van der Waals surface area contributed by atoms with Crippen LogP contribution in [0.4, 0.5) is 5.69 Å². The number of anilines is 1. The van der Waals surface area contributed by atoms with Gasteiger partial charge in [-0.25, -0.2) is 4.79 Å². The summed E-state index contributed by atoms with van der Waals surface area (Å²) in [5.74, 6) is -0.929. The Morgan fingerprint density at radius 1 is 0.875 bits per heavy atom. The Bertz CT molecular complexity index is 874. The molecule has 0 aliphatic carbocycles. The molecule has 0 saturated heterocycles. The number of hydrazone groups is 1. The Morgan fingerprint density at radius 3 is 2.33 bits per heavy atom. The molecule has 4 heteroatoms. The van der Waals surface area contributed by atoms with E-state index in [0.29, 0.717) is 0 Å². The predicted octanol–water partition coefficient (Wildman–Crippen LogP) is 4.50. The highest BCUT2D eigenvalue weighted by Crippen LogP contribution is 2.21. The van der Waals surface area contributed by atoms with Crippen molar-refractivity contribution in [2.45, 2.75) is 0 Å². The van der Waals surface area contributed by atoms with Gasteiger partial charge in [0.1, 0.15) is 0 Å². The SMILES string of the molecule is O=C(O)c1cccc(-c2cccc(C=NNc3ccccc3)c2)c1. The molecule has 0 saturated carbocycles. The Labute approximate surface area is 140 Å². The van der Waals surface area contributed by atoms with E-state index >= 15 is 0 Å². The molecular formula is C20H16N2O2. The molecule has 0 atom stereocenters. The number of carboxylic acids is 1. The van der Waals surface area contributed by atoms with Crippen molar-refractivity contribution >= 4 is 17.9 Å². The monoisotopic (exact) mass is 316 g/mol. The van der Waals surface area contributed by atoms with Crippen molar-refractivity contribution in [3.05, 3.63) is 90.0 Å². The third-order valence-electron chi connectivity index (χ3n) is 3.51. The minimum absolute atomic E-state index is 0.275. The number of benzene rings is 3. The molecule has 4 nitrogen and oxygen atoms in total. The maximum atomic E-state index is 11.1. The zero-order chi connectivity index (χ0) is 16.8. The Hall–Kier alpha value is -3.40. The molecule has 0 spiro atoms. The van der Waals surface area contributed by atoms with Gasteiger partial charge in [0.15, 0.2) is 0 Å². The summed E-state index contributed by atoms with van der Waals surface area (Å²) < 4.78 is 0. The highest BCUT2D eigenvalue weighted by molar-refractivity contribution is 5.90. The van der Waals surface area contributed by atoms with Crippen LogP contribution in [0.25, 0.3) is 11.1 Å².